The van der Waals surface area contributed by atoms with Crippen molar-refractivity contribution in [3.8, 4) is 0 Å². The largest absolute Gasteiger partial charge is 0.339 e. The average Bonchev–Trinajstić information content (AvgIpc) is 3.38. The monoisotopic (exact) mass is 422 g/mol. The zero-order valence-electron chi connectivity index (χ0n) is 15.6. The van der Waals surface area contributed by atoms with Gasteiger partial charge in [0.25, 0.3) is 5.91 Å². The second-order valence-corrected chi connectivity index (χ2v) is 7.90. The number of thiazole rings is 1. The van der Waals surface area contributed by atoms with Gasteiger partial charge in [0.15, 0.2) is 5.13 Å². The highest BCUT2D eigenvalue weighted by molar-refractivity contribution is 7.13. The summed E-state index contributed by atoms with van der Waals surface area (Å²) in [5, 5.41) is 6.25. The van der Waals surface area contributed by atoms with Crippen molar-refractivity contribution < 1.29 is 4.79 Å². The zero-order valence-corrected chi connectivity index (χ0v) is 17.2. The lowest BCUT2D eigenvalue weighted by atomic mass is 10.1. The van der Waals surface area contributed by atoms with Crippen LogP contribution in [0.2, 0.25) is 5.02 Å². The highest BCUT2D eigenvalue weighted by atomic mass is 35.5. The maximum absolute atomic E-state index is 12.7. The van der Waals surface area contributed by atoms with E-state index in [1.807, 2.05) is 64.7 Å². The number of carbonyl (C=O) groups is 1. The molecule has 146 valence electrons. The lowest BCUT2D eigenvalue weighted by Gasteiger charge is -2.08. The molecule has 0 aliphatic carbocycles. The molecule has 0 saturated carbocycles. The van der Waals surface area contributed by atoms with E-state index in [2.05, 4.69) is 15.3 Å². The second kappa shape index (κ2) is 9.03. The number of carbonyl (C=O) groups excluding carboxylic acids is 1. The first-order chi connectivity index (χ1) is 14.2. The van der Waals surface area contributed by atoms with E-state index in [0.717, 1.165) is 29.1 Å². The van der Waals surface area contributed by atoms with Gasteiger partial charge in [-0.05, 0) is 60.4 Å². The summed E-state index contributed by atoms with van der Waals surface area (Å²) >= 11 is 7.36. The Morgan fingerprint density at radius 1 is 1.03 bits per heavy atom. The fourth-order valence-electron chi connectivity index (χ4n) is 3.01. The van der Waals surface area contributed by atoms with Gasteiger partial charge in [-0.2, -0.15) is 0 Å². The second-order valence-electron chi connectivity index (χ2n) is 6.60. The molecule has 1 N–H and O–H groups in total. The van der Waals surface area contributed by atoms with Crippen LogP contribution in [0.5, 0.6) is 0 Å². The van der Waals surface area contributed by atoms with Gasteiger partial charge >= 0.3 is 0 Å². The van der Waals surface area contributed by atoms with Crippen molar-refractivity contribution in [3.05, 3.63) is 100 Å². The summed E-state index contributed by atoms with van der Waals surface area (Å²) in [6.45, 7) is 0.614. The molecule has 4 rings (SSSR count). The van der Waals surface area contributed by atoms with Crippen LogP contribution >= 0.6 is 22.9 Å². The Hall–Kier alpha value is -2.96. The first kappa shape index (κ1) is 19.4. The summed E-state index contributed by atoms with van der Waals surface area (Å²) in [6, 6.07) is 15.4. The Morgan fingerprint density at radius 3 is 2.62 bits per heavy atom. The van der Waals surface area contributed by atoms with E-state index in [9.17, 15) is 4.79 Å². The van der Waals surface area contributed by atoms with Gasteiger partial charge in [0.2, 0.25) is 0 Å². The van der Waals surface area contributed by atoms with Gasteiger partial charge in [-0.3, -0.25) is 15.1 Å². The maximum atomic E-state index is 12.7. The number of nitrogens with zero attached hydrogens (tertiary/aromatic N) is 3. The number of aryl methyl sites for hydroxylation is 2. The Balaban J connectivity index is 1.37. The lowest BCUT2D eigenvalue weighted by molar-refractivity contribution is 0.101. The molecule has 29 heavy (non-hydrogen) atoms. The molecule has 1 amide bonds. The van der Waals surface area contributed by atoms with Crippen LogP contribution in [-0.4, -0.2) is 20.4 Å². The first-order valence-corrected chi connectivity index (χ1v) is 10.5. The van der Waals surface area contributed by atoms with Crippen LogP contribution in [0.3, 0.4) is 0 Å². The standard InChI is InChI=1S/C22H19ClN4OS/c23-18-6-3-16(4-7-18)5-8-19-15-29-22(25-19)26-21(28)20-2-1-13-27(20)14-17-9-11-24-12-10-17/h1-4,6-7,9-13,15H,5,8,14H2,(H,25,26,28). The van der Waals surface area contributed by atoms with Crippen molar-refractivity contribution in [2.75, 3.05) is 5.32 Å². The molecule has 5 nitrogen and oxygen atoms in total. The minimum absolute atomic E-state index is 0.164. The van der Waals surface area contributed by atoms with Crippen molar-refractivity contribution in [1.82, 2.24) is 14.5 Å². The number of anilines is 1. The Kier molecular flexibility index (Phi) is 6.03. The average molecular weight is 423 g/mol. The number of aromatic nitrogens is 3. The molecule has 0 atom stereocenters. The van der Waals surface area contributed by atoms with Crippen LogP contribution in [-0.2, 0) is 19.4 Å². The van der Waals surface area contributed by atoms with Gasteiger partial charge in [0.05, 0.1) is 5.69 Å². The van der Waals surface area contributed by atoms with Gasteiger partial charge < -0.3 is 4.57 Å². The highest BCUT2D eigenvalue weighted by Crippen LogP contribution is 2.19. The molecule has 0 spiro atoms. The number of nitrogens with one attached hydrogen (secondary N) is 1. The van der Waals surface area contributed by atoms with Crippen LogP contribution in [0.15, 0.2) is 72.5 Å². The van der Waals surface area contributed by atoms with Crippen LogP contribution in [0.4, 0.5) is 5.13 Å². The molecule has 0 saturated heterocycles. The fraction of sp³-hybridized carbons (Fsp3) is 0.136. The minimum Gasteiger partial charge on any atom is -0.339 e. The van der Waals surface area contributed by atoms with Gasteiger partial charge in [-0.15, -0.1) is 11.3 Å². The summed E-state index contributed by atoms with van der Waals surface area (Å²) in [5.74, 6) is -0.164. The van der Waals surface area contributed by atoms with E-state index in [4.69, 9.17) is 11.6 Å². The third-order valence-corrected chi connectivity index (χ3v) is 5.58. The molecule has 0 aliphatic rings. The topological polar surface area (TPSA) is 59.8 Å². The van der Waals surface area contributed by atoms with E-state index >= 15 is 0 Å². The number of hydrogen-bond donors (Lipinski definition) is 1. The van der Waals surface area contributed by atoms with Gasteiger partial charge in [-0.1, -0.05) is 23.7 Å². The van der Waals surface area contributed by atoms with Crippen molar-refractivity contribution >= 4 is 34.0 Å². The van der Waals surface area contributed by atoms with Crippen LogP contribution < -0.4 is 5.32 Å². The van der Waals surface area contributed by atoms with Crippen molar-refractivity contribution in [3.63, 3.8) is 0 Å². The smallest absolute Gasteiger partial charge is 0.274 e. The molecule has 1 aromatic carbocycles. The third kappa shape index (κ3) is 5.10. The quantitative estimate of drug-likeness (QED) is 0.451. The van der Waals surface area contributed by atoms with E-state index < -0.39 is 0 Å². The first-order valence-electron chi connectivity index (χ1n) is 9.21. The SMILES string of the molecule is O=C(Nc1nc(CCc2ccc(Cl)cc2)cs1)c1cccn1Cc1ccncc1. The number of rotatable bonds is 7. The Morgan fingerprint density at radius 2 is 1.83 bits per heavy atom. The van der Waals surface area contributed by atoms with Crippen molar-refractivity contribution in [2.45, 2.75) is 19.4 Å². The lowest BCUT2D eigenvalue weighted by Crippen LogP contribution is -2.17. The summed E-state index contributed by atoms with van der Waals surface area (Å²) in [4.78, 5) is 21.3. The highest BCUT2D eigenvalue weighted by Gasteiger charge is 2.13. The van der Waals surface area contributed by atoms with Crippen molar-refractivity contribution in [2.24, 2.45) is 0 Å². The molecule has 0 fully saturated rings. The fourth-order valence-corrected chi connectivity index (χ4v) is 3.87. The summed E-state index contributed by atoms with van der Waals surface area (Å²) < 4.78 is 1.92. The molecule has 3 aromatic heterocycles. The molecule has 0 unspecified atom stereocenters. The molecule has 0 bridgehead atoms. The normalized spacial score (nSPS) is 10.8. The summed E-state index contributed by atoms with van der Waals surface area (Å²) in [7, 11) is 0. The van der Waals surface area contributed by atoms with E-state index in [0.29, 0.717) is 17.4 Å². The van der Waals surface area contributed by atoms with Crippen molar-refractivity contribution in [1.29, 1.82) is 0 Å². The number of halogens is 1. The minimum atomic E-state index is -0.164. The maximum Gasteiger partial charge on any atom is 0.274 e. The molecule has 3 heterocycles. The predicted molar refractivity (Wildman–Crippen MR) is 117 cm³/mol. The number of amides is 1. The molecule has 0 aliphatic heterocycles. The number of hydrogen-bond acceptors (Lipinski definition) is 4. The summed E-state index contributed by atoms with van der Waals surface area (Å²) in [6.07, 6.45) is 7.09. The van der Waals surface area contributed by atoms with E-state index in [1.54, 1.807) is 12.4 Å². The van der Waals surface area contributed by atoms with Crippen LogP contribution in [0.25, 0.3) is 0 Å². The predicted octanol–water partition coefficient (Wildman–Crippen LogP) is 5.08. The molecular formula is C22H19ClN4OS. The molecule has 4 aromatic rings. The Labute approximate surface area is 178 Å². The van der Waals surface area contributed by atoms with E-state index in [-0.39, 0.29) is 5.91 Å². The van der Waals surface area contributed by atoms with Gasteiger partial charge in [0.1, 0.15) is 5.69 Å². The third-order valence-electron chi connectivity index (χ3n) is 4.52. The zero-order chi connectivity index (χ0) is 20.1. The van der Waals surface area contributed by atoms with Crippen LogP contribution in [0, 0.1) is 0 Å². The number of pyridine rings is 1. The molecular weight excluding hydrogens is 404 g/mol. The van der Waals surface area contributed by atoms with E-state index in [1.165, 1.54) is 16.9 Å². The van der Waals surface area contributed by atoms with Gasteiger partial charge in [0, 0.05) is 35.5 Å². The summed E-state index contributed by atoms with van der Waals surface area (Å²) in [5.41, 5.74) is 3.86. The van der Waals surface area contributed by atoms with Crippen LogP contribution in [0.1, 0.15) is 27.3 Å². The van der Waals surface area contributed by atoms with Gasteiger partial charge in [-0.25, -0.2) is 4.98 Å². The Bertz CT molecular complexity index is 1090. The molecule has 7 heteroatoms. The number of benzene rings is 1. The molecule has 0 radical (unpaired) electrons.